The predicted octanol–water partition coefficient (Wildman–Crippen LogP) is 1.21. The molecule has 4 nitrogen and oxygen atoms in total. The molecule has 0 radical (unpaired) electrons. The lowest BCUT2D eigenvalue weighted by molar-refractivity contribution is -0.113. The molecular weight excluding hydrogens is 158 g/mol. The first-order valence-electron chi connectivity index (χ1n) is 3.99. The second kappa shape index (κ2) is 4.74. The molecule has 0 aromatic carbocycles. The average molecular weight is 173 g/mol. The van der Waals surface area contributed by atoms with E-state index < -0.39 is 12.1 Å². The van der Waals surface area contributed by atoms with Crippen molar-refractivity contribution < 1.29 is 14.7 Å². The Bertz CT molecular complexity index is 168. The summed E-state index contributed by atoms with van der Waals surface area (Å²) in [6, 6.07) is -0.521. The highest BCUT2D eigenvalue weighted by Gasteiger charge is 2.23. The van der Waals surface area contributed by atoms with Crippen molar-refractivity contribution in [3.63, 3.8) is 0 Å². The Hall–Kier alpha value is -1.06. The van der Waals surface area contributed by atoms with E-state index in [0.717, 1.165) is 4.90 Å². The molecular formula is C8H15NO3. The molecule has 0 aromatic heterocycles. The Labute approximate surface area is 72.2 Å². The van der Waals surface area contributed by atoms with Crippen LogP contribution < -0.4 is 0 Å². The van der Waals surface area contributed by atoms with Gasteiger partial charge in [0, 0.05) is 6.54 Å². The Balaban J connectivity index is 4.43. The van der Waals surface area contributed by atoms with Crippen LogP contribution in [-0.2, 0) is 4.79 Å². The van der Waals surface area contributed by atoms with Gasteiger partial charge in [-0.25, -0.2) is 4.79 Å². The van der Waals surface area contributed by atoms with Crippen molar-refractivity contribution in [1.29, 1.82) is 0 Å². The van der Waals surface area contributed by atoms with Crippen LogP contribution in [0.2, 0.25) is 0 Å². The summed E-state index contributed by atoms with van der Waals surface area (Å²) >= 11 is 0. The SMILES string of the molecule is CCN(C(=O)O)C(C=O)C(C)C. The minimum atomic E-state index is -1.04. The smallest absolute Gasteiger partial charge is 0.407 e. The minimum absolute atomic E-state index is 0.0264. The third kappa shape index (κ3) is 2.53. The monoisotopic (exact) mass is 173 g/mol. The van der Waals surface area contributed by atoms with E-state index in [2.05, 4.69) is 0 Å². The summed E-state index contributed by atoms with van der Waals surface area (Å²) < 4.78 is 0. The lowest BCUT2D eigenvalue weighted by Crippen LogP contribution is -2.43. The van der Waals surface area contributed by atoms with E-state index in [0.29, 0.717) is 12.8 Å². The lowest BCUT2D eigenvalue weighted by Gasteiger charge is -2.26. The molecule has 0 heterocycles. The van der Waals surface area contributed by atoms with Crippen LogP contribution >= 0.6 is 0 Å². The summed E-state index contributed by atoms with van der Waals surface area (Å²) in [7, 11) is 0. The van der Waals surface area contributed by atoms with Gasteiger partial charge >= 0.3 is 6.09 Å². The Morgan fingerprint density at radius 3 is 2.17 bits per heavy atom. The van der Waals surface area contributed by atoms with Gasteiger partial charge in [-0.05, 0) is 12.8 Å². The maximum absolute atomic E-state index is 10.6. The molecule has 1 amide bonds. The number of carbonyl (C=O) groups excluding carboxylic acids is 1. The summed E-state index contributed by atoms with van der Waals surface area (Å²) in [6.07, 6.45) is -0.356. The van der Waals surface area contributed by atoms with Gasteiger partial charge in [-0.3, -0.25) is 4.90 Å². The zero-order valence-corrected chi connectivity index (χ0v) is 7.65. The first-order valence-corrected chi connectivity index (χ1v) is 3.99. The van der Waals surface area contributed by atoms with E-state index in [9.17, 15) is 9.59 Å². The van der Waals surface area contributed by atoms with Crippen LogP contribution in [0.15, 0.2) is 0 Å². The van der Waals surface area contributed by atoms with E-state index in [4.69, 9.17) is 5.11 Å². The minimum Gasteiger partial charge on any atom is -0.465 e. The van der Waals surface area contributed by atoms with Crippen molar-refractivity contribution in [2.24, 2.45) is 5.92 Å². The molecule has 0 rings (SSSR count). The van der Waals surface area contributed by atoms with Crippen LogP contribution in [0.25, 0.3) is 0 Å². The van der Waals surface area contributed by atoms with Crippen molar-refractivity contribution in [1.82, 2.24) is 4.90 Å². The molecule has 12 heavy (non-hydrogen) atoms. The lowest BCUT2D eigenvalue weighted by atomic mass is 10.0. The largest absolute Gasteiger partial charge is 0.465 e. The normalized spacial score (nSPS) is 12.7. The molecule has 0 aliphatic rings. The molecule has 1 N–H and O–H groups in total. The fraction of sp³-hybridized carbons (Fsp3) is 0.750. The first kappa shape index (κ1) is 10.9. The number of likely N-dealkylation sites (N-methyl/N-ethyl adjacent to an activating group) is 1. The van der Waals surface area contributed by atoms with Crippen LogP contribution in [0.1, 0.15) is 20.8 Å². The Morgan fingerprint density at radius 2 is 2.08 bits per heavy atom. The molecule has 70 valence electrons. The Kier molecular flexibility index (Phi) is 4.33. The number of rotatable bonds is 4. The van der Waals surface area contributed by atoms with Crippen LogP contribution in [-0.4, -0.2) is 35.0 Å². The highest BCUT2D eigenvalue weighted by Crippen LogP contribution is 2.08. The number of hydrogen-bond donors (Lipinski definition) is 1. The van der Waals surface area contributed by atoms with Gasteiger partial charge in [-0.2, -0.15) is 0 Å². The van der Waals surface area contributed by atoms with Gasteiger partial charge in [0.1, 0.15) is 6.29 Å². The maximum Gasteiger partial charge on any atom is 0.407 e. The third-order valence-electron chi connectivity index (χ3n) is 1.77. The van der Waals surface area contributed by atoms with E-state index in [-0.39, 0.29) is 5.92 Å². The molecule has 0 bridgehead atoms. The van der Waals surface area contributed by atoms with E-state index >= 15 is 0 Å². The molecule has 0 aromatic rings. The standard InChI is InChI=1S/C8H15NO3/c1-4-9(8(11)12)7(5-10)6(2)3/h5-7H,4H2,1-3H3,(H,11,12). The summed E-state index contributed by atoms with van der Waals surface area (Å²) in [6.45, 7) is 5.71. The van der Waals surface area contributed by atoms with Crippen LogP contribution in [0.4, 0.5) is 4.79 Å². The second-order valence-corrected chi connectivity index (χ2v) is 2.94. The zero-order chi connectivity index (χ0) is 9.72. The molecule has 1 atom stereocenters. The summed E-state index contributed by atoms with van der Waals surface area (Å²) in [5.41, 5.74) is 0. The van der Waals surface area contributed by atoms with Crippen molar-refractivity contribution in [3.05, 3.63) is 0 Å². The van der Waals surface area contributed by atoms with Crippen LogP contribution in [0, 0.1) is 5.92 Å². The van der Waals surface area contributed by atoms with Crippen molar-refractivity contribution in [2.45, 2.75) is 26.8 Å². The number of aldehydes is 1. The summed E-state index contributed by atoms with van der Waals surface area (Å²) in [5, 5.41) is 8.69. The van der Waals surface area contributed by atoms with E-state index in [1.807, 2.05) is 13.8 Å². The number of hydrogen-bond acceptors (Lipinski definition) is 2. The highest BCUT2D eigenvalue weighted by molar-refractivity contribution is 5.71. The van der Waals surface area contributed by atoms with Crippen LogP contribution in [0.3, 0.4) is 0 Å². The topological polar surface area (TPSA) is 57.6 Å². The summed E-state index contributed by atoms with van der Waals surface area (Å²) in [5.74, 6) is 0.0264. The first-order chi connectivity index (χ1) is 5.54. The molecule has 0 spiro atoms. The number of nitrogens with zero attached hydrogens (tertiary/aromatic N) is 1. The van der Waals surface area contributed by atoms with Gasteiger partial charge in [-0.15, -0.1) is 0 Å². The second-order valence-electron chi connectivity index (χ2n) is 2.94. The maximum atomic E-state index is 10.6. The zero-order valence-electron chi connectivity index (χ0n) is 7.65. The van der Waals surface area contributed by atoms with E-state index in [1.54, 1.807) is 6.92 Å². The molecule has 0 saturated heterocycles. The quantitative estimate of drug-likeness (QED) is 0.650. The van der Waals surface area contributed by atoms with Gasteiger partial charge in [-0.1, -0.05) is 13.8 Å². The Morgan fingerprint density at radius 1 is 1.58 bits per heavy atom. The molecule has 0 saturated carbocycles. The number of amides is 1. The summed E-state index contributed by atoms with van der Waals surface area (Å²) in [4.78, 5) is 22.3. The number of carboxylic acid groups (broad SMARTS) is 1. The van der Waals surface area contributed by atoms with Crippen LogP contribution in [0.5, 0.6) is 0 Å². The molecule has 1 unspecified atom stereocenters. The van der Waals surface area contributed by atoms with Crippen molar-refractivity contribution in [2.75, 3.05) is 6.54 Å². The van der Waals surface area contributed by atoms with Gasteiger partial charge in [0.2, 0.25) is 0 Å². The molecule has 0 aliphatic carbocycles. The number of carbonyl (C=O) groups is 2. The van der Waals surface area contributed by atoms with Gasteiger partial charge < -0.3 is 9.90 Å². The van der Waals surface area contributed by atoms with Gasteiger partial charge in [0.05, 0.1) is 6.04 Å². The van der Waals surface area contributed by atoms with Crippen molar-refractivity contribution in [3.8, 4) is 0 Å². The fourth-order valence-electron chi connectivity index (χ4n) is 1.06. The predicted molar refractivity (Wildman–Crippen MR) is 45.1 cm³/mol. The molecule has 4 heteroatoms. The van der Waals surface area contributed by atoms with Crippen molar-refractivity contribution >= 4 is 12.4 Å². The van der Waals surface area contributed by atoms with Gasteiger partial charge in [0.15, 0.2) is 0 Å². The third-order valence-corrected chi connectivity index (χ3v) is 1.77. The molecule has 0 fully saturated rings. The van der Waals surface area contributed by atoms with Gasteiger partial charge in [0.25, 0.3) is 0 Å². The van der Waals surface area contributed by atoms with E-state index in [1.165, 1.54) is 0 Å². The molecule has 0 aliphatic heterocycles. The average Bonchev–Trinajstić information content (AvgIpc) is 1.98. The highest BCUT2D eigenvalue weighted by atomic mass is 16.4. The fourth-order valence-corrected chi connectivity index (χ4v) is 1.06.